The van der Waals surface area contributed by atoms with E-state index < -0.39 is 74.6 Å². The fraction of sp³-hybridized carbons (Fsp3) is 1.00. The van der Waals surface area contributed by atoms with E-state index in [1.165, 1.54) is 0 Å². The van der Waals surface area contributed by atoms with Crippen LogP contribution in [0.1, 0.15) is 0 Å². The molecular formula is C12H20CaO11. The number of hydrogen-bond acceptors (Lipinski definition) is 11. The van der Waals surface area contributed by atoms with Crippen molar-refractivity contribution >= 4 is 37.7 Å². The average molecular weight is 380 g/mol. The SMILES string of the molecule is [Ca+2].[O-][C@@H]1[C@@H]([O-])[C@@H](O[C@@]2(CO)O[C@H](CO)[C@@H](O)[C@@H]2O)O[C@H](CO)[C@H]1O. The Morgan fingerprint density at radius 2 is 1.50 bits per heavy atom. The van der Waals surface area contributed by atoms with Gasteiger partial charge >= 0.3 is 37.7 Å². The topological polar surface area (TPSA) is 195 Å². The van der Waals surface area contributed by atoms with Crippen molar-refractivity contribution < 1.29 is 55.1 Å². The van der Waals surface area contributed by atoms with Crippen LogP contribution < -0.4 is 10.2 Å². The Morgan fingerprint density at radius 3 is 1.96 bits per heavy atom. The van der Waals surface area contributed by atoms with Gasteiger partial charge in [-0.05, 0) is 0 Å². The summed E-state index contributed by atoms with van der Waals surface area (Å²) in [6.07, 6.45) is -13.9. The van der Waals surface area contributed by atoms with Gasteiger partial charge < -0.3 is 55.1 Å². The first-order chi connectivity index (χ1) is 10.8. The predicted molar refractivity (Wildman–Crippen MR) is 70.0 cm³/mol. The summed E-state index contributed by atoms with van der Waals surface area (Å²) in [6.45, 7) is -2.47. The number of aliphatic hydroxyl groups is 6. The minimum absolute atomic E-state index is 0. The van der Waals surface area contributed by atoms with E-state index in [-0.39, 0.29) is 37.7 Å². The molecule has 0 aromatic heterocycles. The third-order valence-corrected chi connectivity index (χ3v) is 4.02. The van der Waals surface area contributed by atoms with Crippen LogP contribution in [-0.4, -0.2) is 143 Å². The molecule has 0 aromatic rings. The van der Waals surface area contributed by atoms with E-state index in [9.17, 15) is 30.6 Å². The molecule has 12 heteroatoms. The molecule has 2 saturated heterocycles. The first-order valence-electron chi connectivity index (χ1n) is 7.00. The molecule has 24 heavy (non-hydrogen) atoms. The van der Waals surface area contributed by atoms with Gasteiger partial charge in [0, 0.05) is 0 Å². The Labute approximate surface area is 167 Å². The molecule has 9 atom stereocenters. The third-order valence-electron chi connectivity index (χ3n) is 4.02. The van der Waals surface area contributed by atoms with Gasteiger partial charge in [-0.3, -0.25) is 0 Å². The summed E-state index contributed by atoms with van der Waals surface area (Å²) in [7, 11) is 0. The summed E-state index contributed by atoms with van der Waals surface area (Å²) in [5.74, 6) is -2.29. The van der Waals surface area contributed by atoms with Crippen molar-refractivity contribution in [1.29, 1.82) is 0 Å². The Bertz CT molecular complexity index is 399. The van der Waals surface area contributed by atoms with Gasteiger partial charge in [0.05, 0.1) is 19.3 Å². The van der Waals surface area contributed by atoms with E-state index in [1.54, 1.807) is 0 Å². The van der Waals surface area contributed by atoms with E-state index in [0.717, 1.165) is 0 Å². The summed E-state index contributed by atoms with van der Waals surface area (Å²) < 4.78 is 15.2. The number of hydrogen-bond donors (Lipinski definition) is 6. The van der Waals surface area contributed by atoms with Gasteiger partial charge in [-0.25, -0.2) is 0 Å². The van der Waals surface area contributed by atoms with Crippen molar-refractivity contribution in [3.8, 4) is 0 Å². The number of rotatable bonds is 5. The summed E-state index contributed by atoms with van der Waals surface area (Å²) in [5, 5.41) is 80.4. The van der Waals surface area contributed by atoms with Gasteiger partial charge in [-0.15, -0.1) is 6.10 Å². The number of ether oxygens (including phenoxy) is 3. The van der Waals surface area contributed by atoms with Crippen molar-refractivity contribution in [2.45, 2.75) is 54.8 Å². The average Bonchev–Trinajstić information content (AvgIpc) is 2.80. The van der Waals surface area contributed by atoms with Crippen LogP contribution in [0.2, 0.25) is 0 Å². The standard InChI is InChI=1S/C12H20O11.Ca/c13-1-4-6(16)8(18)9(19)11(21-4)23-12(3-15)10(20)7(17)5(2-14)22-12;/h4-11,13-17,20H,1-3H2;/q-2;+2/t4-,5-,6-,7-,8+,9-,10+,11-,12-;/m1./s1. The Morgan fingerprint density at radius 1 is 0.917 bits per heavy atom. The van der Waals surface area contributed by atoms with Crippen molar-refractivity contribution in [1.82, 2.24) is 0 Å². The molecule has 0 saturated carbocycles. The van der Waals surface area contributed by atoms with E-state index in [1.807, 2.05) is 0 Å². The summed E-state index contributed by atoms with van der Waals surface area (Å²) in [4.78, 5) is 0. The van der Waals surface area contributed by atoms with E-state index in [2.05, 4.69) is 0 Å². The van der Waals surface area contributed by atoms with Crippen LogP contribution >= 0.6 is 0 Å². The second-order valence-electron chi connectivity index (χ2n) is 5.51. The normalized spacial score (nSPS) is 49.0. The molecule has 2 fully saturated rings. The maximum absolute atomic E-state index is 11.9. The minimum atomic E-state index is -2.29. The van der Waals surface area contributed by atoms with Crippen LogP contribution in [0, 0.1) is 0 Å². The maximum atomic E-state index is 11.9. The van der Waals surface area contributed by atoms with Gasteiger partial charge in [0.1, 0.15) is 37.3 Å². The molecule has 0 aliphatic carbocycles. The molecule has 6 N–H and O–H groups in total. The summed E-state index contributed by atoms with van der Waals surface area (Å²) in [5.41, 5.74) is 0. The molecule has 0 unspecified atom stereocenters. The smallest absolute Gasteiger partial charge is 0.851 e. The Balaban J connectivity index is 0.00000288. The predicted octanol–water partition coefficient (Wildman–Crippen LogP) is -7.04. The van der Waals surface area contributed by atoms with Crippen molar-refractivity contribution in [2.24, 2.45) is 0 Å². The molecule has 2 aliphatic rings. The molecule has 2 rings (SSSR count). The number of aliphatic hydroxyl groups excluding tert-OH is 6. The molecule has 136 valence electrons. The fourth-order valence-electron chi connectivity index (χ4n) is 2.60. The van der Waals surface area contributed by atoms with Gasteiger partial charge in [0.15, 0.2) is 0 Å². The first kappa shape index (κ1) is 22.9. The Hall–Kier alpha value is 0.820. The van der Waals surface area contributed by atoms with Crippen LogP contribution in [0.25, 0.3) is 0 Å². The summed E-state index contributed by atoms with van der Waals surface area (Å²) in [6, 6.07) is 0. The van der Waals surface area contributed by atoms with Crippen LogP contribution in [0.4, 0.5) is 0 Å². The van der Waals surface area contributed by atoms with Gasteiger partial charge in [-0.2, -0.15) is 0 Å². The molecule has 2 heterocycles. The van der Waals surface area contributed by atoms with Crippen LogP contribution in [-0.2, 0) is 14.2 Å². The van der Waals surface area contributed by atoms with E-state index in [0.29, 0.717) is 0 Å². The van der Waals surface area contributed by atoms with Gasteiger partial charge in [0.2, 0.25) is 5.79 Å². The molecule has 0 amide bonds. The van der Waals surface area contributed by atoms with Gasteiger partial charge in [0.25, 0.3) is 0 Å². The van der Waals surface area contributed by atoms with Gasteiger partial charge in [-0.1, -0.05) is 6.10 Å². The Kier molecular flexibility index (Phi) is 8.71. The second-order valence-corrected chi connectivity index (χ2v) is 5.51. The molecule has 0 bridgehead atoms. The molecule has 0 aromatic carbocycles. The third kappa shape index (κ3) is 4.05. The first-order valence-corrected chi connectivity index (χ1v) is 7.00. The zero-order valence-electron chi connectivity index (χ0n) is 12.7. The van der Waals surface area contributed by atoms with Crippen LogP contribution in [0.3, 0.4) is 0 Å². The largest absolute Gasteiger partial charge is 2.00 e. The van der Waals surface area contributed by atoms with E-state index in [4.69, 9.17) is 24.4 Å². The molecule has 0 spiro atoms. The molecule has 0 radical (unpaired) electrons. The van der Waals surface area contributed by atoms with Crippen LogP contribution in [0.15, 0.2) is 0 Å². The quantitative estimate of drug-likeness (QED) is 0.248. The van der Waals surface area contributed by atoms with Crippen molar-refractivity contribution in [2.75, 3.05) is 19.8 Å². The second kappa shape index (κ2) is 9.15. The molecule has 2 aliphatic heterocycles. The van der Waals surface area contributed by atoms with E-state index >= 15 is 0 Å². The molecular weight excluding hydrogens is 360 g/mol. The zero-order chi connectivity index (χ0) is 17.4. The summed E-state index contributed by atoms with van der Waals surface area (Å²) >= 11 is 0. The van der Waals surface area contributed by atoms with Crippen molar-refractivity contribution in [3.63, 3.8) is 0 Å². The monoisotopic (exact) mass is 380 g/mol. The molecule has 11 nitrogen and oxygen atoms in total. The fourth-order valence-corrected chi connectivity index (χ4v) is 2.60. The maximum Gasteiger partial charge on any atom is 2.00 e. The van der Waals surface area contributed by atoms with Crippen LogP contribution in [0.5, 0.6) is 0 Å². The van der Waals surface area contributed by atoms with Crippen molar-refractivity contribution in [3.05, 3.63) is 0 Å². The zero-order valence-corrected chi connectivity index (χ0v) is 14.9. The minimum Gasteiger partial charge on any atom is -0.851 e.